The smallest absolute Gasteiger partial charge is 0.182 e. The fourth-order valence-electron chi connectivity index (χ4n) is 2.00. The molecule has 1 aliphatic rings. The van der Waals surface area contributed by atoms with E-state index in [1.165, 1.54) is 12.1 Å². The molecule has 1 aliphatic heterocycles. The largest absolute Gasteiger partial charge is 0.494 e. The van der Waals surface area contributed by atoms with Crippen LogP contribution in [0, 0.1) is 5.82 Å². The van der Waals surface area contributed by atoms with E-state index in [0.717, 1.165) is 17.0 Å². The van der Waals surface area contributed by atoms with Gasteiger partial charge in [0.05, 0.1) is 12.8 Å². The van der Waals surface area contributed by atoms with E-state index in [4.69, 9.17) is 4.74 Å². The molecule has 2 aromatic rings. The van der Waals surface area contributed by atoms with Crippen LogP contribution in [0.25, 0.3) is 0 Å². The molecule has 6 heteroatoms. The van der Waals surface area contributed by atoms with Crippen molar-refractivity contribution in [3.63, 3.8) is 0 Å². The Kier molecular flexibility index (Phi) is 4.39. The maximum Gasteiger partial charge on any atom is 0.182 e. The Morgan fingerprint density at radius 1 is 1.18 bits per heavy atom. The number of amidine groups is 1. The van der Waals surface area contributed by atoms with Crippen molar-refractivity contribution >= 4 is 28.3 Å². The van der Waals surface area contributed by atoms with Crippen molar-refractivity contribution in [2.75, 3.05) is 12.9 Å². The fourth-order valence-corrected chi connectivity index (χ4v) is 2.77. The molecule has 0 radical (unpaired) electrons. The average Bonchev–Trinajstić information content (AvgIpc) is 2.57. The van der Waals surface area contributed by atoms with Gasteiger partial charge in [0, 0.05) is 5.75 Å². The predicted molar refractivity (Wildman–Crippen MR) is 88.6 cm³/mol. The molecule has 0 bridgehead atoms. The number of para-hydroxylation sites is 2. The summed E-state index contributed by atoms with van der Waals surface area (Å²) in [6, 6.07) is 13.9. The minimum atomic E-state index is -0.251. The first-order chi connectivity index (χ1) is 10.8. The molecule has 0 aromatic heterocycles. The van der Waals surface area contributed by atoms with Crippen LogP contribution >= 0.6 is 11.8 Å². The number of nitrogens with one attached hydrogen (secondary N) is 1. The molecule has 0 atom stereocenters. The first kappa shape index (κ1) is 14.6. The maximum absolute atomic E-state index is 12.9. The molecular formula is C16H14FN3OS. The van der Waals surface area contributed by atoms with Gasteiger partial charge < -0.3 is 4.74 Å². The van der Waals surface area contributed by atoms with Gasteiger partial charge in [0.15, 0.2) is 5.17 Å². The number of halogens is 1. The van der Waals surface area contributed by atoms with Crippen LogP contribution in [0.1, 0.15) is 5.56 Å². The molecule has 22 heavy (non-hydrogen) atoms. The Bertz CT molecular complexity index is 728. The number of thioether (sulfide) groups is 1. The summed E-state index contributed by atoms with van der Waals surface area (Å²) in [4.78, 5) is 4.51. The van der Waals surface area contributed by atoms with Gasteiger partial charge >= 0.3 is 0 Å². The molecule has 3 rings (SSSR count). The lowest BCUT2D eigenvalue weighted by Crippen LogP contribution is -2.25. The van der Waals surface area contributed by atoms with Crippen LogP contribution in [0.2, 0.25) is 0 Å². The van der Waals surface area contributed by atoms with Crippen molar-refractivity contribution in [3.8, 4) is 5.75 Å². The molecule has 0 aliphatic carbocycles. The van der Waals surface area contributed by atoms with E-state index in [1.54, 1.807) is 31.0 Å². The van der Waals surface area contributed by atoms with Crippen molar-refractivity contribution in [2.24, 2.45) is 10.1 Å². The zero-order valence-electron chi connectivity index (χ0n) is 11.9. The van der Waals surface area contributed by atoms with Gasteiger partial charge in [-0.15, -0.1) is 0 Å². The van der Waals surface area contributed by atoms with Gasteiger partial charge in [-0.3, -0.25) is 5.43 Å². The second-order valence-corrected chi connectivity index (χ2v) is 5.52. The summed E-state index contributed by atoms with van der Waals surface area (Å²) < 4.78 is 18.2. The zero-order valence-corrected chi connectivity index (χ0v) is 12.7. The topological polar surface area (TPSA) is 46.0 Å². The van der Waals surface area contributed by atoms with E-state index in [-0.39, 0.29) is 5.82 Å². The minimum absolute atomic E-state index is 0.251. The van der Waals surface area contributed by atoms with E-state index >= 15 is 0 Å². The second kappa shape index (κ2) is 6.62. The quantitative estimate of drug-likeness (QED) is 0.942. The number of benzene rings is 2. The molecule has 4 nitrogen and oxygen atoms in total. The van der Waals surface area contributed by atoms with Gasteiger partial charge in [0.25, 0.3) is 0 Å². The first-order valence-corrected chi connectivity index (χ1v) is 7.68. The third kappa shape index (κ3) is 3.28. The summed E-state index contributed by atoms with van der Waals surface area (Å²) in [6.45, 7) is 0. The molecule has 0 amide bonds. The monoisotopic (exact) mass is 315 g/mol. The first-order valence-electron chi connectivity index (χ1n) is 6.69. The number of aliphatic imine (C=N–C) groups is 1. The van der Waals surface area contributed by atoms with Gasteiger partial charge in [0.2, 0.25) is 0 Å². The lowest BCUT2D eigenvalue weighted by Gasteiger charge is -2.15. The predicted octanol–water partition coefficient (Wildman–Crippen LogP) is 3.56. The summed E-state index contributed by atoms with van der Waals surface area (Å²) in [7, 11) is 1.62. The lowest BCUT2D eigenvalue weighted by molar-refractivity contribution is 0.416. The molecule has 0 fully saturated rings. The number of ether oxygens (including phenoxy) is 1. The number of hydrogen-bond donors (Lipinski definition) is 1. The second-order valence-electron chi connectivity index (χ2n) is 4.55. The standard InChI is InChI=1S/C16H14FN3OS/c1-21-15-5-3-2-4-13(15)18-16-20-19-14(10-22-16)11-6-8-12(17)9-7-11/h2-9H,10H2,1H3,(H,18,20). The summed E-state index contributed by atoms with van der Waals surface area (Å²) in [5, 5.41) is 5.02. The highest BCUT2D eigenvalue weighted by Gasteiger charge is 2.13. The van der Waals surface area contributed by atoms with Gasteiger partial charge in [-0.05, 0) is 29.8 Å². The highest BCUT2D eigenvalue weighted by atomic mass is 32.2. The van der Waals surface area contributed by atoms with E-state index in [2.05, 4.69) is 15.5 Å². The van der Waals surface area contributed by atoms with Gasteiger partial charge in [0.1, 0.15) is 17.3 Å². The van der Waals surface area contributed by atoms with Crippen LogP contribution in [0.15, 0.2) is 58.6 Å². The van der Waals surface area contributed by atoms with Gasteiger partial charge in [-0.1, -0.05) is 36.0 Å². The molecule has 1 N–H and O–H groups in total. The summed E-state index contributed by atoms with van der Waals surface area (Å²) in [6.07, 6.45) is 0. The summed E-state index contributed by atoms with van der Waals surface area (Å²) >= 11 is 1.54. The molecule has 2 aromatic carbocycles. The summed E-state index contributed by atoms with van der Waals surface area (Å²) in [5.74, 6) is 1.14. The summed E-state index contributed by atoms with van der Waals surface area (Å²) in [5.41, 5.74) is 5.45. The molecular weight excluding hydrogens is 301 g/mol. The minimum Gasteiger partial charge on any atom is -0.494 e. The van der Waals surface area contributed by atoms with Crippen LogP contribution < -0.4 is 10.2 Å². The molecule has 0 saturated carbocycles. The van der Waals surface area contributed by atoms with Crippen molar-refractivity contribution in [2.45, 2.75) is 0 Å². The highest BCUT2D eigenvalue weighted by molar-refractivity contribution is 8.14. The van der Waals surface area contributed by atoms with Crippen LogP contribution in [0.5, 0.6) is 5.75 Å². The van der Waals surface area contributed by atoms with Crippen LogP contribution in [0.4, 0.5) is 10.1 Å². The van der Waals surface area contributed by atoms with Gasteiger partial charge in [-0.2, -0.15) is 5.10 Å². The highest BCUT2D eigenvalue weighted by Crippen LogP contribution is 2.28. The number of methoxy groups -OCH3 is 1. The Balaban J connectivity index is 1.78. The lowest BCUT2D eigenvalue weighted by atomic mass is 10.1. The molecule has 0 unspecified atom stereocenters. The Hall–Kier alpha value is -2.34. The Morgan fingerprint density at radius 3 is 2.64 bits per heavy atom. The van der Waals surface area contributed by atoms with Crippen molar-refractivity contribution in [1.29, 1.82) is 0 Å². The number of nitrogens with zero attached hydrogens (tertiary/aromatic N) is 2. The number of hydrogen-bond acceptors (Lipinski definition) is 4. The third-order valence-corrected chi connectivity index (χ3v) is 3.99. The van der Waals surface area contributed by atoms with E-state index < -0.39 is 0 Å². The Labute approximate surface area is 132 Å². The van der Waals surface area contributed by atoms with E-state index in [0.29, 0.717) is 16.7 Å². The number of rotatable bonds is 3. The van der Waals surface area contributed by atoms with E-state index in [9.17, 15) is 4.39 Å². The van der Waals surface area contributed by atoms with Crippen LogP contribution in [-0.4, -0.2) is 23.7 Å². The molecule has 0 saturated heterocycles. The fraction of sp³-hybridized carbons (Fsp3) is 0.125. The normalized spacial score (nSPS) is 16.1. The molecule has 0 spiro atoms. The SMILES string of the molecule is COc1ccccc1N=C1NN=C(c2ccc(F)cc2)CS1. The third-order valence-electron chi connectivity index (χ3n) is 3.12. The Morgan fingerprint density at radius 2 is 1.95 bits per heavy atom. The van der Waals surface area contributed by atoms with Crippen molar-refractivity contribution < 1.29 is 9.13 Å². The maximum atomic E-state index is 12.9. The van der Waals surface area contributed by atoms with Gasteiger partial charge in [-0.25, -0.2) is 9.38 Å². The molecule has 1 heterocycles. The van der Waals surface area contributed by atoms with Crippen LogP contribution in [-0.2, 0) is 0 Å². The zero-order chi connectivity index (χ0) is 15.4. The van der Waals surface area contributed by atoms with Crippen molar-refractivity contribution in [3.05, 3.63) is 59.9 Å². The number of hydrazone groups is 1. The van der Waals surface area contributed by atoms with E-state index in [1.807, 2.05) is 24.3 Å². The molecule has 112 valence electrons. The van der Waals surface area contributed by atoms with Crippen molar-refractivity contribution in [1.82, 2.24) is 5.43 Å². The average molecular weight is 315 g/mol. The van der Waals surface area contributed by atoms with Crippen LogP contribution in [0.3, 0.4) is 0 Å².